The second kappa shape index (κ2) is 5.57. The Morgan fingerprint density at radius 2 is 2.25 bits per heavy atom. The molecule has 1 rings (SSSR count). The third-order valence-electron chi connectivity index (χ3n) is 1.89. The van der Waals surface area contributed by atoms with Gasteiger partial charge in [0.15, 0.2) is 0 Å². The minimum absolute atomic E-state index is 0.0664. The number of hydrogen-bond acceptors (Lipinski definition) is 4. The zero-order valence-corrected chi connectivity index (χ0v) is 9.62. The molecule has 0 radical (unpaired) electrons. The van der Waals surface area contributed by atoms with Crippen LogP contribution in [0, 0.1) is 0 Å². The van der Waals surface area contributed by atoms with E-state index in [0.717, 1.165) is 0 Å². The molecule has 0 aliphatic carbocycles. The summed E-state index contributed by atoms with van der Waals surface area (Å²) in [4.78, 5) is 15.2. The number of rotatable bonds is 5. The van der Waals surface area contributed by atoms with Crippen molar-refractivity contribution in [2.24, 2.45) is 0 Å². The second-order valence-corrected chi connectivity index (χ2v) is 5.07. The van der Waals surface area contributed by atoms with E-state index in [9.17, 15) is 13.2 Å². The topological polar surface area (TPSA) is 88.2 Å². The maximum atomic E-state index is 11.5. The average Bonchev–Trinajstić information content (AvgIpc) is 2.30. The zero-order chi connectivity index (χ0) is 12.0. The Bertz CT molecular complexity index is 444. The molecule has 0 aromatic carbocycles. The molecule has 1 aromatic rings. The van der Waals surface area contributed by atoms with Crippen LogP contribution >= 0.6 is 0 Å². The Labute approximate surface area is 94.1 Å². The molecule has 7 heteroatoms. The summed E-state index contributed by atoms with van der Waals surface area (Å²) in [7, 11) is -1.95. The Kier molecular flexibility index (Phi) is 4.39. The summed E-state index contributed by atoms with van der Waals surface area (Å²) in [5.74, 6) is -0.477. The largest absolute Gasteiger partial charge is 0.351 e. The van der Waals surface area contributed by atoms with Gasteiger partial charge in [-0.1, -0.05) is 0 Å². The van der Waals surface area contributed by atoms with Gasteiger partial charge in [-0.15, -0.1) is 0 Å². The van der Waals surface area contributed by atoms with Gasteiger partial charge >= 0.3 is 0 Å². The van der Waals surface area contributed by atoms with E-state index < -0.39 is 10.0 Å². The highest BCUT2D eigenvalue weighted by Gasteiger charge is 2.08. The minimum Gasteiger partial charge on any atom is -0.351 e. The van der Waals surface area contributed by atoms with E-state index in [1.165, 1.54) is 13.2 Å². The van der Waals surface area contributed by atoms with Crippen LogP contribution in [0.2, 0.25) is 0 Å². The van der Waals surface area contributed by atoms with E-state index in [1.54, 1.807) is 18.3 Å². The molecule has 0 spiro atoms. The van der Waals surface area contributed by atoms with Gasteiger partial charge in [-0.3, -0.25) is 9.78 Å². The van der Waals surface area contributed by atoms with E-state index in [0.29, 0.717) is 5.56 Å². The van der Waals surface area contributed by atoms with Crippen LogP contribution in [0.5, 0.6) is 0 Å². The quantitative estimate of drug-likeness (QED) is 0.720. The molecule has 0 aliphatic rings. The third-order valence-corrected chi connectivity index (χ3v) is 3.25. The zero-order valence-electron chi connectivity index (χ0n) is 8.80. The fourth-order valence-electron chi connectivity index (χ4n) is 1.00. The van der Waals surface area contributed by atoms with Gasteiger partial charge in [-0.25, -0.2) is 13.1 Å². The number of pyridine rings is 1. The van der Waals surface area contributed by atoms with Crippen molar-refractivity contribution in [1.29, 1.82) is 0 Å². The smallest absolute Gasteiger partial charge is 0.252 e. The molecule has 1 amide bonds. The van der Waals surface area contributed by atoms with Gasteiger partial charge in [0.05, 0.1) is 11.3 Å². The molecule has 0 atom stereocenters. The van der Waals surface area contributed by atoms with Crippen molar-refractivity contribution in [1.82, 2.24) is 15.0 Å². The molecule has 0 fully saturated rings. The van der Waals surface area contributed by atoms with Gasteiger partial charge < -0.3 is 5.32 Å². The molecule has 0 unspecified atom stereocenters. The lowest BCUT2D eigenvalue weighted by atomic mass is 10.3. The predicted molar refractivity (Wildman–Crippen MR) is 59.4 cm³/mol. The first-order chi connectivity index (χ1) is 7.55. The molecule has 0 aliphatic heterocycles. The van der Waals surface area contributed by atoms with Gasteiger partial charge in [0.25, 0.3) is 5.91 Å². The molecule has 2 N–H and O–H groups in total. The summed E-state index contributed by atoms with van der Waals surface area (Å²) in [6.45, 7) is 0.0664. The highest BCUT2D eigenvalue weighted by Crippen LogP contribution is 1.94. The Balaban J connectivity index is 2.43. The fraction of sp³-hybridized carbons (Fsp3) is 0.333. The first-order valence-electron chi connectivity index (χ1n) is 4.64. The summed E-state index contributed by atoms with van der Waals surface area (Å²) < 4.78 is 24.2. The van der Waals surface area contributed by atoms with Crippen LogP contribution in [0.1, 0.15) is 10.4 Å². The predicted octanol–water partition coefficient (Wildman–Crippen LogP) is -0.639. The molecule has 16 heavy (non-hydrogen) atoms. The fourth-order valence-corrected chi connectivity index (χ4v) is 1.58. The number of nitrogens with zero attached hydrogens (tertiary/aromatic N) is 1. The van der Waals surface area contributed by atoms with E-state index in [2.05, 4.69) is 15.0 Å². The first kappa shape index (κ1) is 12.6. The van der Waals surface area contributed by atoms with Crippen molar-refractivity contribution in [2.75, 3.05) is 19.3 Å². The lowest BCUT2D eigenvalue weighted by Crippen LogP contribution is -2.32. The summed E-state index contributed by atoms with van der Waals surface area (Å²) in [6, 6.07) is 3.24. The SMILES string of the molecule is CNS(=O)(=O)CCNC(=O)c1cccnc1. The highest BCUT2D eigenvalue weighted by atomic mass is 32.2. The van der Waals surface area contributed by atoms with Crippen LogP contribution in [-0.2, 0) is 10.0 Å². The van der Waals surface area contributed by atoms with Crippen molar-refractivity contribution in [3.63, 3.8) is 0 Å². The average molecular weight is 243 g/mol. The van der Waals surface area contributed by atoms with E-state index in [1.807, 2.05) is 0 Å². The molecule has 0 bridgehead atoms. The summed E-state index contributed by atoms with van der Waals surface area (Å²) in [6.07, 6.45) is 2.98. The van der Waals surface area contributed by atoms with Gasteiger partial charge in [0.1, 0.15) is 0 Å². The number of carbonyl (C=O) groups excluding carboxylic acids is 1. The number of aromatic nitrogens is 1. The Hall–Kier alpha value is -1.47. The number of carbonyl (C=O) groups is 1. The van der Waals surface area contributed by atoms with E-state index in [4.69, 9.17) is 0 Å². The molecule has 88 valence electrons. The summed E-state index contributed by atoms with van der Waals surface area (Å²) >= 11 is 0. The number of nitrogens with one attached hydrogen (secondary N) is 2. The summed E-state index contributed by atoms with van der Waals surface area (Å²) in [5, 5.41) is 2.49. The lowest BCUT2D eigenvalue weighted by Gasteiger charge is -2.04. The third kappa shape index (κ3) is 3.95. The monoisotopic (exact) mass is 243 g/mol. The lowest BCUT2D eigenvalue weighted by molar-refractivity contribution is 0.0956. The Morgan fingerprint density at radius 3 is 2.81 bits per heavy atom. The van der Waals surface area contributed by atoms with Crippen LogP contribution < -0.4 is 10.0 Å². The molecule has 0 saturated heterocycles. The molecule has 0 saturated carbocycles. The van der Waals surface area contributed by atoms with Gasteiger partial charge in [0, 0.05) is 18.9 Å². The molecular weight excluding hydrogens is 230 g/mol. The maximum Gasteiger partial charge on any atom is 0.252 e. The van der Waals surface area contributed by atoms with Crippen LogP contribution in [0.3, 0.4) is 0 Å². The molecule has 6 nitrogen and oxygen atoms in total. The first-order valence-corrected chi connectivity index (χ1v) is 6.30. The van der Waals surface area contributed by atoms with Crippen LogP contribution in [0.15, 0.2) is 24.5 Å². The number of amides is 1. The normalized spacial score (nSPS) is 11.1. The van der Waals surface area contributed by atoms with Crippen LogP contribution in [0.4, 0.5) is 0 Å². The van der Waals surface area contributed by atoms with Gasteiger partial charge in [-0.05, 0) is 19.2 Å². The van der Waals surface area contributed by atoms with Crippen molar-refractivity contribution in [3.05, 3.63) is 30.1 Å². The maximum absolute atomic E-state index is 11.5. The van der Waals surface area contributed by atoms with Gasteiger partial charge in [0.2, 0.25) is 10.0 Å². The summed E-state index contributed by atoms with van der Waals surface area (Å²) in [5.41, 5.74) is 0.407. The van der Waals surface area contributed by atoms with Crippen molar-refractivity contribution in [3.8, 4) is 0 Å². The second-order valence-electron chi connectivity index (χ2n) is 3.02. The molecular formula is C9H13N3O3S. The van der Waals surface area contributed by atoms with Crippen molar-refractivity contribution >= 4 is 15.9 Å². The van der Waals surface area contributed by atoms with Crippen LogP contribution in [-0.4, -0.2) is 38.7 Å². The minimum atomic E-state index is -3.28. The van der Waals surface area contributed by atoms with E-state index >= 15 is 0 Å². The Morgan fingerprint density at radius 1 is 1.50 bits per heavy atom. The van der Waals surface area contributed by atoms with Crippen molar-refractivity contribution < 1.29 is 13.2 Å². The standard InChI is InChI=1S/C9H13N3O3S/c1-10-16(14,15)6-5-12-9(13)8-3-2-4-11-7-8/h2-4,7,10H,5-6H2,1H3,(H,12,13). The van der Waals surface area contributed by atoms with Crippen LogP contribution in [0.25, 0.3) is 0 Å². The van der Waals surface area contributed by atoms with Crippen molar-refractivity contribution in [2.45, 2.75) is 0 Å². The van der Waals surface area contributed by atoms with Gasteiger partial charge in [-0.2, -0.15) is 0 Å². The van der Waals surface area contributed by atoms with E-state index in [-0.39, 0.29) is 18.2 Å². The number of sulfonamides is 1. The molecule has 1 aromatic heterocycles. The highest BCUT2D eigenvalue weighted by molar-refractivity contribution is 7.89. The molecule has 1 heterocycles. The number of hydrogen-bond donors (Lipinski definition) is 2.